The van der Waals surface area contributed by atoms with E-state index in [0.29, 0.717) is 18.0 Å². The molecule has 2 aliphatic heterocycles. The lowest BCUT2D eigenvalue weighted by molar-refractivity contribution is -0.369. The highest BCUT2D eigenvalue weighted by atomic mass is 35.5. The van der Waals surface area contributed by atoms with Crippen molar-refractivity contribution in [2.45, 2.75) is 75.6 Å². The van der Waals surface area contributed by atoms with Crippen LogP contribution >= 0.6 is 11.6 Å². The lowest BCUT2D eigenvalue weighted by Gasteiger charge is -2.49. The Morgan fingerprint density at radius 3 is 2.48 bits per heavy atom. The smallest absolute Gasteiger partial charge is 0.345 e. The third-order valence-corrected chi connectivity index (χ3v) is 5.56. The second-order valence-corrected chi connectivity index (χ2v) is 8.71. The van der Waals surface area contributed by atoms with Gasteiger partial charge >= 0.3 is 6.03 Å². The van der Waals surface area contributed by atoms with Crippen molar-refractivity contribution in [1.29, 1.82) is 0 Å². The zero-order valence-electron chi connectivity index (χ0n) is 17.6. The average Bonchev–Trinajstić information content (AvgIpc) is 3.23. The molecule has 2 saturated heterocycles. The number of urea groups is 1. The van der Waals surface area contributed by atoms with Crippen LogP contribution in [0.1, 0.15) is 33.1 Å². The first kappa shape index (κ1) is 26.1. The summed E-state index contributed by atoms with van der Waals surface area (Å²) in [6.45, 7) is 3.68. The molecule has 0 bridgehead atoms. The van der Waals surface area contributed by atoms with Crippen LogP contribution in [0, 0.1) is 10.8 Å². The summed E-state index contributed by atoms with van der Waals surface area (Å²) in [7, 11) is 0. The molecule has 0 aromatic rings. The molecule has 13 heteroatoms. The van der Waals surface area contributed by atoms with Crippen LogP contribution < -0.4 is 0 Å². The van der Waals surface area contributed by atoms with E-state index in [1.807, 2.05) is 0 Å². The number of hydrogen-bond acceptors (Lipinski definition) is 10. The quantitative estimate of drug-likeness (QED) is 0.127. The van der Waals surface area contributed by atoms with Crippen LogP contribution in [-0.4, -0.2) is 110 Å². The number of rotatable bonds is 9. The maximum Gasteiger partial charge on any atom is 0.345 e. The summed E-state index contributed by atoms with van der Waals surface area (Å²) in [5, 5.41) is 56.1. The zero-order valence-corrected chi connectivity index (χ0v) is 18.3. The molecule has 5 N–H and O–H groups in total. The van der Waals surface area contributed by atoms with Crippen LogP contribution in [0.2, 0.25) is 0 Å². The molecule has 180 valence electrons. The minimum absolute atomic E-state index is 0.0658. The summed E-state index contributed by atoms with van der Waals surface area (Å²) >= 11 is 5.59. The van der Waals surface area contributed by atoms with E-state index in [2.05, 4.69) is 5.29 Å². The fraction of sp³-hybridized carbons (Fsp3) is 0.944. The first-order valence-corrected chi connectivity index (χ1v) is 10.8. The van der Waals surface area contributed by atoms with E-state index in [9.17, 15) is 35.2 Å². The normalized spacial score (nSPS) is 34.5. The van der Waals surface area contributed by atoms with E-state index in [1.54, 1.807) is 13.8 Å². The van der Waals surface area contributed by atoms with Gasteiger partial charge in [-0.1, -0.05) is 13.8 Å². The lowest BCUT2D eigenvalue weighted by atomic mass is 9.88. The predicted octanol–water partition coefficient (Wildman–Crippen LogP) is -0.656. The molecule has 0 aromatic carbocycles. The number of nitrogens with zero attached hydrogens (tertiary/aromatic N) is 3. The lowest BCUT2D eigenvalue weighted by Crippen LogP contribution is -2.69. The summed E-state index contributed by atoms with van der Waals surface area (Å²) in [5.74, 6) is -2.60. The molecule has 0 spiro atoms. The van der Waals surface area contributed by atoms with Crippen LogP contribution in [0.3, 0.4) is 0 Å². The molecular weight excluding hydrogens is 438 g/mol. The monoisotopic (exact) mass is 469 g/mol. The number of nitroso groups, excluding NO2 is 1. The van der Waals surface area contributed by atoms with Crippen LogP contribution in [0.5, 0.6) is 0 Å². The van der Waals surface area contributed by atoms with Crippen molar-refractivity contribution >= 4 is 17.6 Å². The predicted molar refractivity (Wildman–Crippen MR) is 108 cm³/mol. The topological polar surface area (TPSA) is 173 Å². The molecule has 2 fully saturated rings. The number of ether oxygens (including phenoxy) is 2. The highest BCUT2D eigenvalue weighted by Crippen LogP contribution is 2.36. The fourth-order valence-electron chi connectivity index (χ4n) is 3.83. The van der Waals surface area contributed by atoms with Gasteiger partial charge in [0.25, 0.3) is 0 Å². The van der Waals surface area contributed by atoms with Crippen molar-refractivity contribution in [2.24, 2.45) is 11.2 Å². The molecule has 12 nitrogen and oxygen atoms in total. The van der Waals surface area contributed by atoms with Crippen molar-refractivity contribution in [3.8, 4) is 0 Å². The number of carbonyl (C=O) groups excluding carboxylic acids is 1. The summed E-state index contributed by atoms with van der Waals surface area (Å²) in [5.41, 5.74) is 0. The Bertz CT molecular complexity index is 610. The SMILES string of the molecule is CC(C)CN(C(=O)N(CCCl)N=O)C(O)[C@H]1O[C@@](O)(CC2CCCO2)[C@@H](O)[C@@H](O)[C@H]1O. The van der Waals surface area contributed by atoms with E-state index in [-0.39, 0.29) is 31.3 Å². The fourth-order valence-corrected chi connectivity index (χ4v) is 3.99. The largest absolute Gasteiger partial charge is 0.387 e. The second kappa shape index (κ2) is 11.1. The minimum atomic E-state index is -2.34. The number of carbonyl (C=O) groups is 1. The van der Waals surface area contributed by atoms with Crippen LogP contribution in [-0.2, 0) is 9.47 Å². The van der Waals surface area contributed by atoms with Gasteiger partial charge in [-0.25, -0.2) is 4.79 Å². The Balaban J connectivity index is 2.28. The molecule has 7 atom stereocenters. The Morgan fingerprint density at radius 1 is 1.29 bits per heavy atom. The van der Waals surface area contributed by atoms with Gasteiger partial charge in [-0.15, -0.1) is 16.5 Å². The Labute approximate surface area is 185 Å². The van der Waals surface area contributed by atoms with Gasteiger partial charge in [-0.2, -0.15) is 5.01 Å². The Kier molecular flexibility index (Phi) is 9.40. The van der Waals surface area contributed by atoms with E-state index >= 15 is 0 Å². The number of amides is 2. The highest BCUT2D eigenvalue weighted by Gasteiger charge is 2.56. The molecule has 2 unspecified atom stereocenters. The third kappa shape index (κ3) is 6.02. The maximum atomic E-state index is 12.8. The highest BCUT2D eigenvalue weighted by molar-refractivity contribution is 6.18. The molecular formula is C18H32ClN3O9. The average molecular weight is 470 g/mol. The van der Waals surface area contributed by atoms with E-state index in [1.165, 1.54) is 0 Å². The molecule has 0 aliphatic carbocycles. The van der Waals surface area contributed by atoms with Gasteiger partial charge in [0.15, 0.2) is 12.0 Å². The Morgan fingerprint density at radius 2 is 1.97 bits per heavy atom. The van der Waals surface area contributed by atoms with Gasteiger partial charge in [0.05, 0.1) is 17.9 Å². The number of halogens is 1. The van der Waals surface area contributed by atoms with Crippen LogP contribution in [0.25, 0.3) is 0 Å². The standard InChI is InChI=1S/C18H32ClN3O9/c1-10(2)9-21(17(27)22(20-29)6-5-19)16(26)14-12(23)13(24)15(25)18(28,31-14)8-11-4-3-7-30-11/h10-16,23-26,28H,3-9H2,1-2H3/t11?,12-,13+,14+,15+,16?,18+/m1/s1. The molecule has 31 heavy (non-hydrogen) atoms. The first-order chi connectivity index (χ1) is 14.6. The van der Waals surface area contributed by atoms with Crippen molar-refractivity contribution in [3.63, 3.8) is 0 Å². The minimum Gasteiger partial charge on any atom is -0.387 e. The molecule has 2 aliphatic rings. The van der Waals surface area contributed by atoms with Crippen LogP contribution in [0.15, 0.2) is 5.29 Å². The Hall–Kier alpha value is -1.12. The maximum absolute atomic E-state index is 12.8. The third-order valence-electron chi connectivity index (χ3n) is 5.39. The molecule has 2 heterocycles. The molecule has 0 saturated carbocycles. The van der Waals surface area contributed by atoms with Gasteiger partial charge in [0.2, 0.25) is 0 Å². The second-order valence-electron chi connectivity index (χ2n) is 8.33. The van der Waals surface area contributed by atoms with E-state index < -0.39 is 48.6 Å². The van der Waals surface area contributed by atoms with Crippen molar-refractivity contribution < 1.29 is 39.8 Å². The number of aliphatic hydroxyl groups is 5. The van der Waals surface area contributed by atoms with Crippen molar-refractivity contribution in [1.82, 2.24) is 9.91 Å². The first-order valence-electron chi connectivity index (χ1n) is 10.3. The van der Waals surface area contributed by atoms with Gasteiger partial charge in [-0.3, -0.25) is 4.90 Å². The molecule has 2 rings (SSSR count). The summed E-state index contributed by atoms with van der Waals surface area (Å²) < 4.78 is 10.9. The summed E-state index contributed by atoms with van der Waals surface area (Å²) in [4.78, 5) is 24.7. The summed E-state index contributed by atoms with van der Waals surface area (Å²) in [6.07, 6.45) is -8.50. The van der Waals surface area contributed by atoms with E-state index in [4.69, 9.17) is 21.1 Å². The number of aliphatic hydroxyl groups excluding tert-OH is 4. The van der Waals surface area contributed by atoms with E-state index in [0.717, 1.165) is 11.3 Å². The van der Waals surface area contributed by atoms with Crippen molar-refractivity contribution in [3.05, 3.63) is 4.91 Å². The van der Waals surface area contributed by atoms with Gasteiger partial charge < -0.3 is 35.0 Å². The molecule has 0 aromatic heterocycles. The van der Waals surface area contributed by atoms with Gasteiger partial charge in [0, 0.05) is 25.5 Å². The number of alkyl halides is 1. The van der Waals surface area contributed by atoms with Crippen molar-refractivity contribution in [2.75, 3.05) is 25.6 Å². The van der Waals surface area contributed by atoms with Gasteiger partial charge in [0.1, 0.15) is 24.4 Å². The molecule has 0 radical (unpaired) electrons. The van der Waals surface area contributed by atoms with Gasteiger partial charge in [-0.05, 0) is 18.8 Å². The molecule has 2 amide bonds. The van der Waals surface area contributed by atoms with Crippen LogP contribution in [0.4, 0.5) is 4.79 Å². The zero-order chi connectivity index (χ0) is 23.3. The summed E-state index contributed by atoms with van der Waals surface area (Å²) in [6, 6.07) is -0.990. The number of hydrogen-bond donors (Lipinski definition) is 5.